The number of aromatic carboxylic acids is 1. The standard InChI is InChI=1S/C25H19N3O4/c1-13-20(27-14(2)22(13)25(30)31)11-18-17-10-16(8-9-19(17)28-23(18)29)21-12-26-24(32-21)15-6-4-3-5-7-15/h3-12,27H,1-2H3,(H,28,29)(H,30,31). The van der Waals surface area contributed by atoms with E-state index in [0.717, 1.165) is 11.1 Å². The molecule has 2 aromatic carbocycles. The highest BCUT2D eigenvalue weighted by Gasteiger charge is 2.26. The van der Waals surface area contributed by atoms with Crippen molar-refractivity contribution in [3.05, 3.63) is 82.8 Å². The van der Waals surface area contributed by atoms with Crippen LogP contribution in [0.2, 0.25) is 0 Å². The molecule has 1 amide bonds. The number of carbonyl (C=O) groups is 2. The number of carboxylic acids is 1. The molecule has 0 fully saturated rings. The zero-order valence-electron chi connectivity index (χ0n) is 17.4. The first-order chi connectivity index (χ1) is 15.4. The Morgan fingerprint density at radius 2 is 1.88 bits per heavy atom. The molecule has 2 aromatic heterocycles. The van der Waals surface area contributed by atoms with Crippen LogP contribution < -0.4 is 5.32 Å². The van der Waals surface area contributed by atoms with E-state index in [1.165, 1.54) is 0 Å². The van der Waals surface area contributed by atoms with Gasteiger partial charge in [-0.3, -0.25) is 4.79 Å². The van der Waals surface area contributed by atoms with Crippen LogP contribution in [0.4, 0.5) is 5.69 Å². The van der Waals surface area contributed by atoms with E-state index in [1.54, 1.807) is 26.1 Å². The molecule has 7 nitrogen and oxygen atoms in total. The minimum atomic E-state index is -1.00. The maximum atomic E-state index is 12.7. The summed E-state index contributed by atoms with van der Waals surface area (Å²) in [5.74, 6) is -0.141. The average Bonchev–Trinajstić information content (AvgIpc) is 3.45. The van der Waals surface area contributed by atoms with Crippen molar-refractivity contribution in [3.63, 3.8) is 0 Å². The summed E-state index contributed by atoms with van der Waals surface area (Å²) in [4.78, 5) is 31.6. The smallest absolute Gasteiger partial charge is 0.337 e. The summed E-state index contributed by atoms with van der Waals surface area (Å²) in [6.07, 6.45) is 3.35. The van der Waals surface area contributed by atoms with Crippen molar-refractivity contribution < 1.29 is 19.1 Å². The van der Waals surface area contributed by atoms with E-state index in [9.17, 15) is 14.7 Å². The van der Waals surface area contributed by atoms with Gasteiger partial charge in [0.05, 0.1) is 17.3 Å². The molecule has 1 aliphatic heterocycles. The van der Waals surface area contributed by atoms with Crippen LogP contribution >= 0.6 is 0 Å². The Hall–Kier alpha value is -4.39. The molecule has 0 spiro atoms. The molecule has 3 heterocycles. The van der Waals surface area contributed by atoms with E-state index in [-0.39, 0.29) is 11.5 Å². The Morgan fingerprint density at radius 1 is 1.09 bits per heavy atom. The summed E-state index contributed by atoms with van der Waals surface area (Å²) in [6, 6.07) is 15.2. The highest BCUT2D eigenvalue weighted by Crippen LogP contribution is 2.37. The van der Waals surface area contributed by atoms with Gasteiger partial charge in [0.1, 0.15) is 0 Å². The molecular formula is C25H19N3O4. The van der Waals surface area contributed by atoms with Gasteiger partial charge in [0.15, 0.2) is 5.76 Å². The van der Waals surface area contributed by atoms with Gasteiger partial charge in [-0.25, -0.2) is 9.78 Å². The lowest BCUT2D eigenvalue weighted by molar-refractivity contribution is -0.110. The molecule has 1 aliphatic rings. The number of carboxylic acid groups (broad SMARTS) is 1. The monoisotopic (exact) mass is 425 g/mol. The maximum absolute atomic E-state index is 12.7. The van der Waals surface area contributed by atoms with Crippen molar-refractivity contribution in [2.45, 2.75) is 13.8 Å². The molecule has 0 atom stereocenters. The van der Waals surface area contributed by atoms with Gasteiger partial charge >= 0.3 is 5.97 Å². The minimum absolute atomic E-state index is 0.222. The maximum Gasteiger partial charge on any atom is 0.337 e. The number of benzene rings is 2. The van der Waals surface area contributed by atoms with Crippen LogP contribution in [-0.4, -0.2) is 27.0 Å². The quantitative estimate of drug-likeness (QED) is 0.392. The van der Waals surface area contributed by atoms with Crippen molar-refractivity contribution in [1.29, 1.82) is 0 Å². The number of aromatic amines is 1. The SMILES string of the molecule is Cc1[nH]c(C=C2C(=O)Nc3ccc(-c4cnc(-c5ccccc5)o4)cc32)c(C)c1C(=O)O. The van der Waals surface area contributed by atoms with Crippen LogP contribution in [0.15, 0.2) is 59.1 Å². The van der Waals surface area contributed by atoms with E-state index in [4.69, 9.17) is 4.42 Å². The summed E-state index contributed by atoms with van der Waals surface area (Å²) in [5.41, 5.74) is 5.46. The Kier molecular flexibility index (Phi) is 4.52. The first-order valence-corrected chi connectivity index (χ1v) is 10.0. The second kappa shape index (κ2) is 7.39. The van der Waals surface area contributed by atoms with Crippen LogP contribution in [-0.2, 0) is 4.79 Å². The van der Waals surface area contributed by atoms with Gasteiger partial charge in [0, 0.05) is 33.8 Å². The second-order valence-corrected chi connectivity index (χ2v) is 7.64. The third-order valence-electron chi connectivity index (χ3n) is 5.59. The van der Waals surface area contributed by atoms with Crippen molar-refractivity contribution in [2.24, 2.45) is 0 Å². The van der Waals surface area contributed by atoms with E-state index < -0.39 is 5.97 Å². The first-order valence-electron chi connectivity index (χ1n) is 10.0. The highest BCUT2D eigenvalue weighted by atomic mass is 16.4. The fourth-order valence-electron chi connectivity index (χ4n) is 3.99. The molecule has 0 saturated carbocycles. The van der Waals surface area contributed by atoms with Crippen molar-refractivity contribution in [3.8, 4) is 22.8 Å². The van der Waals surface area contributed by atoms with Gasteiger partial charge in [-0.15, -0.1) is 0 Å². The first kappa shape index (κ1) is 19.6. The normalized spacial score (nSPS) is 13.9. The number of nitrogens with zero attached hydrogens (tertiary/aromatic N) is 1. The van der Waals surface area contributed by atoms with E-state index in [0.29, 0.717) is 45.4 Å². The van der Waals surface area contributed by atoms with Gasteiger partial charge in [0.2, 0.25) is 5.89 Å². The van der Waals surface area contributed by atoms with Gasteiger partial charge in [-0.1, -0.05) is 18.2 Å². The summed E-state index contributed by atoms with van der Waals surface area (Å²) in [6.45, 7) is 3.43. The van der Waals surface area contributed by atoms with E-state index >= 15 is 0 Å². The predicted molar refractivity (Wildman–Crippen MR) is 121 cm³/mol. The zero-order valence-corrected chi connectivity index (χ0v) is 17.4. The molecule has 0 saturated heterocycles. The molecular weight excluding hydrogens is 406 g/mol. The molecule has 0 bridgehead atoms. The Labute approximate surface area is 183 Å². The summed E-state index contributed by atoms with van der Waals surface area (Å²) < 4.78 is 5.95. The number of carbonyl (C=O) groups excluding carboxylic acids is 1. The van der Waals surface area contributed by atoms with E-state index in [2.05, 4.69) is 15.3 Å². The lowest BCUT2D eigenvalue weighted by atomic mass is 10.0. The van der Waals surface area contributed by atoms with Crippen LogP contribution in [0.1, 0.15) is 32.9 Å². The molecule has 32 heavy (non-hydrogen) atoms. The number of H-pyrrole nitrogens is 1. The van der Waals surface area contributed by atoms with Crippen molar-refractivity contribution in [1.82, 2.24) is 9.97 Å². The Balaban J connectivity index is 1.55. The third-order valence-corrected chi connectivity index (χ3v) is 5.59. The number of anilines is 1. The number of hydrogen-bond acceptors (Lipinski definition) is 4. The molecule has 0 unspecified atom stereocenters. The molecule has 158 valence electrons. The fraction of sp³-hybridized carbons (Fsp3) is 0.0800. The summed E-state index contributed by atoms with van der Waals surface area (Å²) >= 11 is 0. The van der Waals surface area contributed by atoms with Crippen LogP contribution in [0, 0.1) is 13.8 Å². The molecule has 4 aromatic rings. The highest BCUT2D eigenvalue weighted by molar-refractivity contribution is 6.35. The fourth-order valence-corrected chi connectivity index (χ4v) is 3.99. The van der Waals surface area contributed by atoms with Gasteiger partial charge < -0.3 is 19.8 Å². The third kappa shape index (κ3) is 3.20. The lowest BCUT2D eigenvalue weighted by Crippen LogP contribution is -2.03. The second-order valence-electron chi connectivity index (χ2n) is 7.64. The topological polar surface area (TPSA) is 108 Å². The average molecular weight is 425 g/mol. The van der Waals surface area contributed by atoms with Crippen molar-refractivity contribution >= 4 is 29.2 Å². The Bertz CT molecular complexity index is 1410. The molecule has 0 aliphatic carbocycles. The molecule has 3 N–H and O–H groups in total. The number of oxazole rings is 1. The number of nitrogens with one attached hydrogen (secondary N) is 2. The zero-order chi connectivity index (χ0) is 22.4. The van der Waals surface area contributed by atoms with Gasteiger partial charge in [-0.2, -0.15) is 0 Å². The number of amides is 1. The minimum Gasteiger partial charge on any atom is -0.478 e. The van der Waals surface area contributed by atoms with Gasteiger partial charge in [-0.05, 0) is 55.8 Å². The Morgan fingerprint density at radius 3 is 2.59 bits per heavy atom. The lowest BCUT2D eigenvalue weighted by Gasteiger charge is -2.03. The molecule has 5 rings (SSSR count). The van der Waals surface area contributed by atoms with Crippen LogP contribution in [0.25, 0.3) is 34.4 Å². The molecule has 7 heteroatoms. The number of fused-ring (bicyclic) bond motifs is 1. The van der Waals surface area contributed by atoms with Crippen LogP contribution in [0.5, 0.6) is 0 Å². The summed E-state index contributed by atoms with van der Waals surface area (Å²) in [5, 5.41) is 12.3. The van der Waals surface area contributed by atoms with Crippen molar-refractivity contribution in [2.75, 3.05) is 5.32 Å². The number of aromatic nitrogens is 2. The molecule has 0 radical (unpaired) electrons. The number of aryl methyl sites for hydroxylation is 1. The number of hydrogen-bond donors (Lipinski definition) is 3. The largest absolute Gasteiger partial charge is 0.478 e. The van der Waals surface area contributed by atoms with Gasteiger partial charge in [0.25, 0.3) is 5.91 Å². The van der Waals surface area contributed by atoms with E-state index in [1.807, 2.05) is 48.5 Å². The predicted octanol–water partition coefficient (Wildman–Crippen LogP) is 5.14. The number of rotatable bonds is 4. The summed E-state index contributed by atoms with van der Waals surface area (Å²) in [7, 11) is 0. The van der Waals surface area contributed by atoms with Crippen LogP contribution in [0.3, 0.4) is 0 Å².